The Morgan fingerprint density at radius 2 is 2.07 bits per heavy atom. The molecule has 0 saturated heterocycles. The summed E-state index contributed by atoms with van der Waals surface area (Å²) in [7, 11) is 3.83. The van der Waals surface area contributed by atoms with E-state index in [0.29, 0.717) is 6.42 Å². The number of ketones is 1. The van der Waals surface area contributed by atoms with Crippen molar-refractivity contribution in [2.75, 3.05) is 14.1 Å². The first-order valence-corrected chi connectivity index (χ1v) is 4.83. The van der Waals surface area contributed by atoms with Crippen LogP contribution in [0.3, 0.4) is 0 Å². The summed E-state index contributed by atoms with van der Waals surface area (Å²) < 4.78 is 0. The molecule has 0 spiro atoms. The highest BCUT2D eigenvalue weighted by molar-refractivity contribution is 5.92. The Labute approximate surface area is 85.5 Å². The van der Waals surface area contributed by atoms with Gasteiger partial charge in [-0.25, -0.2) is 4.99 Å². The summed E-state index contributed by atoms with van der Waals surface area (Å²) in [5.41, 5.74) is 0.949. The second-order valence-electron chi connectivity index (χ2n) is 4.83. The molecule has 3 heteroatoms. The van der Waals surface area contributed by atoms with Crippen LogP contribution in [0.5, 0.6) is 0 Å². The van der Waals surface area contributed by atoms with Crippen molar-refractivity contribution in [3.05, 3.63) is 11.8 Å². The van der Waals surface area contributed by atoms with Gasteiger partial charge in [0.1, 0.15) is 0 Å². The standard InChI is InChI=1S/C11H18N2O/c1-11(2)6-9(5-10(14)7-11)12-8-13(3)4/h5,8H,6-7H2,1-4H3. The summed E-state index contributed by atoms with van der Waals surface area (Å²) in [5.74, 6) is 0.187. The van der Waals surface area contributed by atoms with Gasteiger partial charge in [-0.3, -0.25) is 4.79 Å². The molecular weight excluding hydrogens is 176 g/mol. The first-order valence-electron chi connectivity index (χ1n) is 4.83. The molecule has 0 unspecified atom stereocenters. The van der Waals surface area contributed by atoms with Crippen LogP contribution >= 0.6 is 0 Å². The molecule has 0 aliphatic heterocycles. The first kappa shape index (κ1) is 11.0. The highest BCUT2D eigenvalue weighted by Gasteiger charge is 2.27. The monoisotopic (exact) mass is 194 g/mol. The van der Waals surface area contributed by atoms with Crippen LogP contribution in [0, 0.1) is 5.41 Å². The Hall–Kier alpha value is -1.12. The molecule has 0 aromatic heterocycles. The van der Waals surface area contributed by atoms with Gasteiger partial charge in [0, 0.05) is 32.3 Å². The van der Waals surface area contributed by atoms with Crippen molar-refractivity contribution in [2.24, 2.45) is 10.4 Å². The quantitative estimate of drug-likeness (QED) is 0.496. The van der Waals surface area contributed by atoms with E-state index in [9.17, 15) is 4.79 Å². The van der Waals surface area contributed by atoms with Gasteiger partial charge in [0.05, 0.1) is 6.34 Å². The minimum absolute atomic E-state index is 0.0603. The van der Waals surface area contributed by atoms with E-state index >= 15 is 0 Å². The molecule has 0 amide bonds. The average molecular weight is 194 g/mol. The number of allylic oxidation sites excluding steroid dienone is 2. The van der Waals surface area contributed by atoms with Crippen molar-refractivity contribution in [3.63, 3.8) is 0 Å². The van der Waals surface area contributed by atoms with Crippen molar-refractivity contribution in [2.45, 2.75) is 26.7 Å². The lowest BCUT2D eigenvalue weighted by atomic mass is 9.79. The molecule has 0 saturated carbocycles. The predicted molar refractivity (Wildman–Crippen MR) is 58.3 cm³/mol. The van der Waals surface area contributed by atoms with Gasteiger partial charge in [-0.15, -0.1) is 0 Å². The van der Waals surface area contributed by atoms with Crippen molar-refractivity contribution in [1.29, 1.82) is 0 Å². The summed E-state index contributed by atoms with van der Waals surface area (Å²) in [6.45, 7) is 4.20. The second-order valence-corrected chi connectivity index (χ2v) is 4.83. The fourth-order valence-electron chi connectivity index (χ4n) is 1.58. The second kappa shape index (κ2) is 3.95. The Kier molecular flexibility index (Phi) is 3.09. The van der Waals surface area contributed by atoms with Crippen LogP contribution < -0.4 is 0 Å². The minimum atomic E-state index is 0.0603. The van der Waals surface area contributed by atoms with E-state index in [4.69, 9.17) is 0 Å². The zero-order chi connectivity index (χ0) is 10.8. The third-order valence-electron chi connectivity index (χ3n) is 2.09. The number of aliphatic imine (C=N–C) groups is 1. The summed E-state index contributed by atoms with van der Waals surface area (Å²) in [4.78, 5) is 17.5. The van der Waals surface area contributed by atoms with E-state index in [2.05, 4.69) is 18.8 Å². The van der Waals surface area contributed by atoms with Crippen LogP contribution in [0.15, 0.2) is 16.8 Å². The Balaban J connectivity index is 2.75. The maximum absolute atomic E-state index is 11.4. The zero-order valence-electron chi connectivity index (χ0n) is 9.37. The fourth-order valence-corrected chi connectivity index (χ4v) is 1.58. The highest BCUT2D eigenvalue weighted by atomic mass is 16.1. The number of hydrogen-bond donors (Lipinski definition) is 0. The minimum Gasteiger partial charge on any atom is -0.369 e. The topological polar surface area (TPSA) is 32.7 Å². The van der Waals surface area contributed by atoms with Gasteiger partial charge in [-0.05, 0) is 11.8 Å². The van der Waals surface area contributed by atoms with Gasteiger partial charge in [-0.1, -0.05) is 13.8 Å². The van der Waals surface area contributed by atoms with E-state index in [1.165, 1.54) is 0 Å². The van der Waals surface area contributed by atoms with Crippen LogP contribution in [0.2, 0.25) is 0 Å². The average Bonchev–Trinajstić information content (AvgIpc) is 1.96. The lowest BCUT2D eigenvalue weighted by Gasteiger charge is -2.26. The van der Waals surface area contributed by atoms with Gasteiger partial charge in [0.15, 0.2) is 5.78 Å². The normalized spacial score (nSPS) is 21.1. The van der Waals surface area contributed by atoms with Crippen LogP contribution in [0.4, 0.5) is 0 Å². The predicted octanol–water partition coefficient (Wildman–Crippen LogP) is 1.85. The molecule has 14 heavy (non-hydrogen) atoms. The molecule has 0 atom stereocenters. The van der Waals surface area contributed by atoms with Crippen LogP contribution in [-0.4, -0.2) is 31.1 Å². The summed E-state index contributed by atoms with van der Waals surface area (Å²) in [5, 5.41) is 0. The van der Waals surface area contributed by atoms with Crippen molar-refractivity contribution >= 4 is 12.1 Å². The molecule has 0 heterocycles. The SMILES string of the molecule is CN(C)C=NC1=CC(=O)CC(C)(C)C1. The third kappa shape index (κ3) is 3.32. The highest BCUT2D eigenvalue weighted by Crippen LogP contribution is 2.33. The Bertz CT molecular complexity index is 288. The van der Waals surface area contributed by atoms with Crippen molar-refractivity contribution in [1.82, 2.24) is 4.90 Å². The Morgan fingerprint density at radius 1 is 1.43 bits per heavy atom. The van der Waals surface area contributed by atoms with Crippen molar-refractivity contribution < 1.29 is 4.79 Å². The molecule has 0 bridgehead atoms. The first-order chi connectivity index (χ1) is 6.39. The molecule has 0 N–H and O–H groups in total. The molecule has 0 fully saturated rings. The molecule has 0 aromatic carbocycles. The molecular formula is C11H18N2O. The summed E-state index contributed by atoms with van der Waals surface area (Å²) in [6.07, 6.45) is 4.91. The fraction of sp³-hybridized carbons (Fsp3) is 0.636. The van der Waals surface area contributed by atoms with E-state index in [-0.39, 0.29) is 11.2 Å². The van der Waals surface area contributed by atoms with E-state index in [1.807, 2.05) is 19.0 Å². The molecule has 1 rings (SSSR count). The van der Waals surface area contributed by atoms with E-state index in [0.717, 1.165) is 12.1 Å². The van der Waals surface area contributed by atoms with Crippen LogP contribution in [0.25, 0.3) is 0 Å². The van der Waals surface area contributed by atoms with Crippen LogP contribution in [0.1, 0.15) is 26.7 Å². The number of carbonyl (C=O) groups is 1. The van der Waals surface area contributed by atoms with Gasteiger partial charge < -0.3 is 4.90 Å². The van der Waals surface area contributed by atoms with Gasteiger partial charge in [-0.2, -0.15) is 0 Å². The zero-order valence-corrected chi connectivity index (χ0v) is 9.37. The molecule has 0 aromatic rings. The van der Waals surface area contributed by atoms with Crippen LogP contribution in [-0.2, 0) is 4.79 Å². The molecule has 1 aliphatic carbocycles. The molecule has 0 radical (unpaired) electrons. The molecule has 3 nitrogen and oxygen atoms in total. The Morgan fingerprint density at radius 3 is 2.57 bits per heavy atom. The van der Waals surface area contributed by atoms with E-state index in [1.54, 1.807) is 12.4 Å². The lowest BCUT2D eigenvalue weighted by molar-refractivity contribution is -0.117. The molecule has 78 valence electrons. The number of nitrogens with zero attached hydrogens (tertiary/aromatic N) is 2. The smallest absolute Gasteiger partial charge is 0.158 e. The van der Waals surface area contributed by atoms with Gasteiger partial charge in [0.2, 0.25) is 0 Å². The third-order valence-corrected chi connectivity index (χ3v) is 2.09. The maximum Gasteiger partial charge on any atom is 0.158 e. The van der Waals surface area contributed by atoms with Crippen molar-refractivity contribution in [3.8, 4) is 0 Å². The molecule has 1 aliphatic rings. The van der Waals surface area contributed by atoms with Gasteiger partial charge >= 0.3 is 0 Å². The maximum atomic E-state index is 11.4. The number of hydrogen-bond acceptors (Lipinski definition) is 2. The van der Waals surface area contributed by atoms with E-state index < -0.39 is 0 Å². The summed E-state index contributed by atoms with van der Waals surface area (Å²) in [6, 6.07) is 0. The number of carbonyl (C=O) groups excluding carboxylic acids is 1. The van der Waals surface area contributed by atoms with Gasteiger partial charge in [0.25, 0.3) is 0 Å². The largest absolute Gasteiger partial charge is 0.369 e. The summed E-state index contributed by atoms with van der Waals surface area (Å²) >= 11 is 0. The lowest BCUT2D eigenvalue weighted by Crippen LogP contribution is -2.21. The number of rotatable bonds is 2.